The average Bonchev–Trinajstić information content (AvgIpc) is 2.41. The molecule has 2 rings (SSSR count). The van der Waals surface area contributed by atoms with E-state index in [-0.39, 0.29) is 5.75 Å². The Kier molecular flexibility index (Phi) is 4.60. The van der Waals surface area contributed by atoms with Crippen LogP contribution in [0, 0.1) is 6.92 Å². The van der Waals surface area contributed by atoms with Crippen LogP contribution in [0.1, 0.15) is 11.1 Å². The van der Waals surface area contributed by atoms with Crippen molar-refractivity contribution in [2.45, 2.75) is 13.3 Å². The zero-order valence-electron chi connectivity index (χ0n) is 11.5. The highest BCUT2D eigenvalue weighted by molar-refractivity contribution is 5.92. The molecule has 0 fully saturated rings. The van der Waals surface area contributed by atoms with Gasteiger partial charge in [0.1, 0.15) is 5.75 Å². The molecule has 104 valence electrons. The van der Waals surface area contributed by atoms with E-state index in [1.165, 1.54) is 5.56 Å². The van der Waals surface area contributed by atoms with Crippen LogP contribution in [0.15, 0.2) is 53.5 Å². The number of phenolic OH excluding ortho intramolecular Hbond substituents is 1. The second-order valence-electron chi connectivity index (χ2n) is 4.68. The summed E-state index contributed by atoms with van der Waals surface area (Å²) in [5, 5.41) is 12.4. The summed E-state index contributed by atoms with van der Waals surface area (Å²) < 4.78 is 0. The van der Waals surface area contributed by atoms with Gasteiger partial charge in [0, 0.05) is 12.2 Å². The lowest BCUT2D eigenvalue weighted by atomic mass is 10.1. The number of hydrogen-bond donors (Lipinski definition) is 3. The van der Waals surface area contributed by atoms with Crippen molar-refractivity contribution in [1.82, 2.24) is 0 Å². The smallest absolute Gasteiger partial charge is 0.193 e. The minimum atomic E-state index is 0.275. The molecule has 0 amide bonds. The number of hydrogen-bond acceptors (Lipinski definition) is 2. The van der Waals surface area contributed by atoms with E-state index in [0.717, 1.165) is 17.7 Å². The number of aliphatic imine (C=N–C) groups is 1. The normalized spacial score (nSPS) is 11.3. The molecular weight excluding hydrogens is 250 g/mol. The first kappa shape index (κ1) is 13.9. The van der Waals surface area contributed by atoms with Crippen molar-refractivity contribution in [3.05, 3.63) is 59.7 Å². The lowest BCUT2D eigenvalue weighted by Crippen LogP contribution is -2.23. The van der Waals surface area contributed by atoms with Crippen LogP contribution < -0.4 is 11.1 Å². The van der Waals surface area contributed by atoms with E-state index >= 15 is 0 Å². The highest BCUT2D eigenvalue weighted by atomic mass is 16.3. The predicted octanol–water partition coefficient (Wildman–Crippen LogP) is 2.67. The van der Waals surface area contributed by atoms with Gasteiger partial charge in [0.05, 0.1) is 0 Å². The summed E-state index contributed by atoms with van der Waals surface area (Å²) in [5.41, 5.74) is 8.99. The number of aromatic hydroxyl groups is 1. The van der Waals surface area contributed by atoms with Crippen LogP contribution in [0.25, 0.3) is 0 Å². The topological polar surface area (TPSA) is 70.6 Å². The lowest BCUT2D eigenvalue weighted by molar-refractivity contribution is 0.474. The first-order valence-electron chi connectivity index (χ1n) is 6.55. The van der Waals surface area contributed by atoms with E-state index in [1.807, 2.05) is 43.3 Å². The summed E-state index contributed by atoms with van der Waals surface area (Å²) in [4.78, 5) is 4.27. The van der Waals surface area contributed by atoms with Crippen LogP contribution in [-0.4, -0.2) is 17.6 Å². The Bertz CT molecular complexity index is 591. The highest BCUT2D eigenvalue weighted by Gasteiger charge is 1.96. The third-order valence-electron chi connectivity index (χ3n) is 2.92. The molecule has 2 aromatic rings. The van der Waals surface area contributed by atoms with Gasteiger partial charge in [-0.3, -0.25) is 4.99 Å². The van der Waals surface area contributed by atoms with Gasteiger partial charge in [0.25, 0.3) is 0 Å². The molecule has 20 heavy (non-hydrogen) atoms. The zero-order valence-corrected chi connectivity index (χ0v) is 11.5. The number of aryl methyl sites for hydroxylation is 1. The molecule has 2 aromatic carbocycles. The van der Waals surface area contributed by atoms with E-state index in [4.69, 9.17) is 5.73 Å². The van der Waals surface area contributed by atoms with Gasteiger partial charge in [-0.15, -0.1) is 0 Å². The van der Waals surface area contributed by atoms with Gasteiger partial charge < -0.3 is 16.2 Å². The quantitative estimate of drug-likeness (QED) is 0.590. The van der Waals surface area contributed by atoms with Crippen LogP contribution in [0.2, 0.25) is 0 Å². The van der Waals surface area contributed by atoms with Crippen LogP contribution >= 0.6 is 0 Å². The minimum absolute atomic E-state index is 0.275. The number of benzene rings is 2. The van der Waals surface area contributed by atoms with Crippen molar-refractivity contribution in [2.75, 3.05) is 11.9 Å². The largest absolute Gasteiger partial charge is 0.508 e. The standard InChI is InChI=1S/C16H19N3O/c1-12-5-7-14(8-6-12)19-16(17)18-10-9-13-3-2-4-15(20)11-13/h2-8,11,20H,9-10H2,1H3,(H3,17,18,19). The van der Waals surface area contributed by atoms with Gasteiger partial charge in [-0.1, -0.05) is 29.8 Å². The van der Waals surface area contributed by atoms with Crippen molar-refractivity contribution in [1.29, 1.82) is 0 Å². The van der Waals surface area contributed by atoms with Crippen molar-refractivity contribution >= 4 is 11.6 Å². The molecule has 0 saturated heterocycles. The van der Waals surface area contributed by atoms with E-state index < -0.39 is 0 Å². The fraction of sp³-hybridized carbons (Fsp3) is 0.188. The highest BCUT2D eigenvalue weighted by Crippen LogP contribution is 2.11. The zero-order chi connectivity index (χ0) is 14.4. The molecule has 4 N–H and O–H groups in total. The monoisotopic (exact) mass is 269 g/mol. The molecule has 0 aliphatic heterocycles. The van der Waals surface area contributed by atoms with Crippen molar-refractivity contribution in [3.8, 4) is 5.75 Å². The van der Waals surface area contributed by atoms with Gasteiger partial charge in [0.15, 0.2) is 5.96 Å². The molecular formula is C16H19N3O. The molecule has 0 heterocycles. The lowest BCUT2D eigenvalue weighted by Gasteiger charge is -2.06. The fourth-order valence-corrected chi connectivity index (χ4v) is 1.84. The summed E-state index contributed by atoms with van der Waals surface area (Å²) in [6, 6.07) is 15.1. The summed E-state index contributed by atoms with van der Waals surface area (Å²) in [7, 11) is 0. The number of nitrogens with zero attached hydrogens (tertiary/aromatic N) is 1. The van der Waals surface area contributed by atoms with Gasteiger partial charge in [0.2, 0.25) is 0 Å². The Labute approximate surface area is 119 Å². The Balaban J connectivity index is 1.86. The second-order valence-corrected chi connectivity index (χ2v) is 4.68. The van der Waals surface area contributed by atoms with Gasteiger partial charge in [-0.25, -0.2) is 0 Å². The molecule has 4 nitrogen and oxygen atoms in total. The van der Waals surface area contributed by atoms with E-state index in [1.54, 1.807) is 12.1 Å². The molecule has 0 radical (unpaired) electrons. The Morgan fingerprint density at radius 2 is 1.95 bits per heavy atom. The number of phenols is 1. The van der Waals surface area contributed by atoms with Crippen LogP contribution in [0.5, 0.6) is 5.75 Å². The maximum absolute atomic E-state index is 9.37. The van der Waals surface area contributed by atoms with Crippen LogP contribution in [0.3, 0.4) is 0 Å². The number of guanidine groups is 1. The van der Waals surface area contributed by atoms with Crippen molar-refractivity contribution in [3.63, 3.8) is 0 Å². The summed E-state index contributed by atoms with van der Waals surface area (Å²) >= 11 is 0. The summed E-state index contributed by atoms with van der Waals surface area (Å²) in [6.45, 7) is 2.62. The van der Waals surface area contributed by atoms with E-state index in [2.05, 4.69) is 10.3 Å². The van der Waals surface area contributed by atoms with E-state index in [0.29, 0.717) is 12.5 Å². The Morgan fingerprint density at radius 3 is 2.65 bits per heavy atom. The molecule has 0 bridgehead atoms. The van der Waals surface area contributed by atoms with Gasteiger partial charge >= 0.3 is 0 Å². The second kappa shape index (κ2) is 6.61. The minimum Gasteiger partial charge on any atom is -0.508 e. The summed E-state index contributed by atoms with van der Waals surface area (Å²) in [5.74, 6) is 0.672. The first-order valence-corrected chi connectivity index (χ1v) is 6.55. The Morgan fingerprint density at radius 1 is 1.20 bits per heavy atom. The molecule has 4 heteroatoms. The average molecular weight is 269 g/mol. The third-order valence-corrected chi connectivity index (χ3v) is 2.92. The van der Waals surface area contributed by atoms with Crippen LogP contribution in [-0.2, 0) is 6.42 Å². The van der Waals surface area contributed by atoms with Crippen molar-refractivity contribution in [2.24, 2.45) is 10.7 Å². The number of anilines is 1. The number of nitrogens with one attached hydrogen (secondary N) is 1. The summed E-state index contributed by atoms with van der Waals surface area (Å²) in [6.07, 6.45) is 0.741. The molecule has 0 aliphatic rings. The predicted molar refractivity (Wildman–Crippen MR) is 83.1 cm³/mol. The van der Waals surface area contributed by atoms with Gasteiger partial charge in [-0.2, -0.15) is 0 Å². The number of nitrogens with two attached hydrogens (primary N) is 1. The van der Waals surface area contributed by atoms with E-state index in [9.17, 15) is 5.11 Å². The van der Waals surface area contributed by atoms with Crippen molar-refractivity contribution < 1.29 is 5.11 Å². The molecule has 0 aromatic heterocycles. The van der Waals surface area contributed by atoms with Gasteiger partial charge in [-0.05, 0) is 43.2 Å². The third kappa shape index (κ3) is 4.31. The van der Waals surface area contributed by atoms with Crippen LogP contribution in [0.4, 0.5) is 5.69 Å². The molecule has 0 aliphatic carbocycles. The maximum atomic E-state index is 9.37. The molecule has 0 saturated carbocycles. The number of rotatable bonds is 4. The maximum Gasteiger partial charge on any atom is 0.193 e. The molecule has 0 atom stereocenters. The Hall–Kier alpha value is -2.49. The molecule has 0 unspecified atom stereocenters. The SMILES string of the molecule is Cc1ccc(NC(N)=NCCc2cccc(O)c2)cc1. The fourth-order valence-electron chi connectivity index (χ4n) is 1.84. The first-order chi connectivity index (χ1) is 9.63. The molecule has 0 spiro atoms.